The molecule has 0 aliphatic heterocycles. The summed E-state index contributed by atoms with van der Waals surface area (Å²) in [5.41, 5.74) is -4.01. The van der Waals surface area contributed by atoms with E-state index in [0.29, 0.717) is 0 Å². The molecular weight excluding hydrogens is 410 g/mol. The SMILES string of the molecule is [C-]#[N+]c1cc(C2=C(c3cc(C#N)sc3C)C(F)(F)C(F)(F)C2(F)F)c(C)s1. The fourth-order valence-corrected chi connectivity index (χ4v) is 4.62. The zero-order valence-corrected chi connectivity index (χ0v) is 15.3. The second-order valence-electron chi connectivity index (χ2n) is 5.83. The molecule has 0 saturated carbocycles. The van der Waals surface area contributed by atoms with E-state index < -0.39 is 40.0 Å². The molecule has 0 saturated heterocycles. The fraction of sp³-hybridized carbons (Fsp3) is 0.294. The van der Waals surface area contributed by atoms with Crippen molar-refractivity contribution in [1.82, 2.24) is 0 Å². The predicted molar refractivity (Wildman–Crippen MR) is 90.7 cm³/mol. The van der Waals surface area contributed by atoms with E-state index in [2.05, 4.69) is 4.85 Å². The highest BCUT2D eigenvalue weighted by atomic mass is 32.1. The van der Waals surface area contributed by atoms with Crippen LogP contribution in [-0.4, -0.2) is 17.8 Å². The van der Waals surface area contributed by atoms with Gasteiger partial charge in [0.25, 0.3) is 0 Å². The number of hydrogen-bond acceptors (Lipinski definition) is 3. The van der Waals surface area contributed by atoms with E-state index in [0.717, 1.165) is 34.8 Å². The number of rotatable bonds is 2. The summed E-state index contributed by atoms with van der Waals surface area (Å²) in [5, 5.41) is 8.86. The zero-order chi connectivity index (χ0) is 20.4. The molecule has 0 atom stereocenters. The summed E-state index contributed by atoms with van der Waals surface area (Å²) in [6.45, 7) is 9.55. The number of aryl methyl sites for hydroxylation is 2. The van der Waals surface area contributed by atoms with Crippen molar-refractivity contribution in [2.75, 3.05) is 0 Å². The molecular formula is C17H8F6N2S2. The standard InChI is InChI=1S/C17H8F6N2S2/c1-7-10(4-9(6-24)26-7)13-14(11-5-12(25-3)27-8(11)2)16(20,21)17(22,23)15(13,18)19/h4-5H,1-2H3. The monoisotopic (exact) mass is 418 g/mol. The quantitative estimate of drug-likeness (QED) is 0.395. The Hall–Kier alpha value is -2.30. The van der Waals surface area contributed by atoms with Crippen LogP contribution in [-0.2, 0) is 0 Å². The number of hydrogen-bond donors (Lipinski definition) is 0. The molecule has 0 N–H and O–H groups in total. The Bertz CT molecular complexity index is 980. The molecule has 0 fully saturated rings. The van der Waals surface area contributed by atoms with Gasteiger partial charge in [-0.25, -0.2) is 4.85 Å². The van der Waals surface area contributed by atoms with Crippen molar-refractivity contribution in [3.63, 3.8) is 0 Å². The van der Waals surface area contributed by atoms with E-state index in [1.807, 2.05) is 0 Å². The molecule has 0 unspecified atom stereocenters. The van der Waals surface area contributed by atoms with Gasteiger partial charge in [-0.1, -0.05) is 0 Å². The highest BCUT2D eigenvalue weighted by Gasteiger charge is 2.80. The maximum Gasteiger partial charge on any atom is 0.380 e. The Kier molecular flexibility index (Phi) is 4.21. The van der Waals surface area contributed by atoms with Gasteiger partial charge in [0, 0.05) is 16.0 Å². The average molecular weight is 418 g/mol. The van der Waals surface area contributed by atoms with Crippen LogP contribution >= 0.6 is 22.7 Å². The van der Waals surface area contributed by atoms with Crippen molar-refractivity contribution in [1.29, 1.82) is 5.26 Å². The smallest absolute Gasteiger partial charge is 0.227 e. The van der Waals surface area contributed by atoms with Crippen LogP contribution in [0.15, 0.2) is 12.1 Å². The van der Waals surface area contributed by atoms with Crippen LogP contribution in [0.4, 0.5) is 31.3 Å². The highest BCUT2D eigenvalue weighted by molar-refractivity contribution is 7.16. The Morgan fingerprint density at radius 3 is 1.81 bits per heavy atom. The third kappa shape index (κ3) is 2.43. The van der Waals surface area contributed by atoms with Crippen molar-refractivity contribution in [3.05, 3.63) is 49.3 Å². The summed E-state index contributed by atoms with van der Waals surface area (Å²) < 4.78 is 86.7. The molecule has 1 aliphatic carbocycles. The van der Waals surface area contributed by atoms with E-state index in [4.69, 9.17) is 11.8 Å². The first-order chi connectivity index (χ1) is 12.4. The maximum atomic E-state index is 14.6. The van der Waals surface area contributed by atoms with Gasteiger partial charge < -0.3 is 0 Å². The summed E-state index contributed by atoms with van der Waals surface area (Å²) in [7, 11) is 0. The van der Waals surface area contributed by atoms with E-state index in [1.165, 1.54) is 13.8 Å². The number of nitrogens with zero attached hydrogens (tertiary/aromatic N) is 2. The lowest BCUT2D eigenvalue weighted by atomic mass is 9.95. The highest BCUT2D eigenvalue weighted by Crippen LogP contribution is 2.65. The Labute approximate surface area is 157 Å². The lowest BCUT2D eigenvalue weighted by Gasteiger charge is -2.25. The van der Waals surface area contributed by atoms with Crippen LogP contribution in [0.3, 0.4) is 0 Å². The summed E-state index contributed by atoms with van der Waals surface area (Å²) in [5.74, 6) is -16.0. The van der Waals surface area contributed by atoms with Gasteiger partial charge in [-0.05, 0) is 42.0 Å². The van der Waals surface area contributed by atoms with E-state index >= 15 is 0 Å². The molecule has 140 valence electrons. The number of allylic oxidation sites excluding steroid dienone is 2. The molecule has 0 bridgehead atoms. The van der Waals surface area contributed by atoms with Gasteiger partial charge in [0.05, 0.1) is 6.57 Å². The van der Waals surface area contributed by atoms with Crippen molar-refractivity contribution >= 4 is 38.8 Å². The van der Waals surface area contributed by atoms with Gasteiger partial charge in [0.1, 0.15) is 10.9 Å². The Morgan fingerprint density at radius 1 is 0.926 bits per heavy atom. The summed E-state index contributed by atoms with van der Waals surface area (Å²) in [4.78, 5) is 3.10. The normalized spacial score (nSPS) is 19.8. The minimum Gasteiger partial charge on any atom is -0.227 e. The number of nitriles is 1. The maximum absolute atomic E-state index is 14.6. The topological polar surface area (TPSA) is 28.1 Å². The largest absolute Gasteiger partial charge is 0.380 e. The molecule has 0 radical (unpaired) electrons. The summed E-state index contributed by atoms with van der Waals surface area (Å²) >= 11 is 1.50. The average Bonchev–Trinajstić information content (AvgIpc) is 3.16. The molecule has 2 heterocycles. The van der Waals surface area contributed by atoms with Gasteiger partial charge in [-0.3, -0.25) is 0 Å². The number of alkyl halides is 6. The second-order valence-corrected chi connectivity index (χ2v) is 8.32. The first-order valence-electron chi connectivity index (χ1n) is 7.28. The number of halogens is 6. The Balaban J connectivity index is 2.47. The van der Waals surface area contributed by atoms with Crippen LogP contribution in [0.1, 0.15) is 25.8 Å². The number of thiophene rings is 2. The molecule has 2 aromatic heterocycles. The lowest BCUT2D eigenvalue weighted by Crippen LogP contribution is -2.48. The molecule has 0 spiro atoms. The van der Waals surface area contributed by atoms with Gasteiger partial charge in [-0.15, -0.1) is 11.3 Å². The first kappa shape index (κ1) is 19.5. The molecule has 1 aliphatic rings. The van der Waals surface area contributed by atoms with Gasteiger partial charge >= 0.3 is 17.8 Å². The second kappa shape index (κ2) is 5.85. The fourth-order valence-electron chi connectivity index (χ4n) is 2.99. The molecule has 0 aromatic carbocycles. The molecule has 3 rings (SSSR count). The van der Waals surface area contributed by atoms with Gasteiger partial charge in [0.15, 0.2) is 0 Å². The van der Waals surface area contributed by atoms with Gasteiger partial charge in [-0.2, -0.15) is 42.9 Å². The van der Waals surface area contributed by atoms with Crippen molar-refractivity contribution in [2.45, 2.75) is 31.6 Å². The van der Waals surface area contributed by atoms with Crippen LogP contribution < -0.4 is 0 Å². The first-order valence-corrected chi connectivity index (χ1v) is 8.91. The third-order valence-corrected chi connectivity index (χ3v) is 6.15. The Morgan fingerprint density at radius 2 is 1.41 bits per heavy atom. The molecule has 2 aromatic rings. The van der Waals surface area contributed by atoms with Crippen LogP contribution in [0.2, 0.25) is 0 Å². The predicted octanol–water partition coefficient (Wildman–Crippen LogP) is 6.68. The van der Waals surface area contributed by atoms with Crippen LogP contribution in [0.5, 0.6) is 0 Å². The van der Waals surface area contributed by atoms with E-state index in [9.17, 15) is 26.3 Å². The lowest BCUT2D eigenvalue weighted by molar-refractivity contribution is -0.254. The molecule has 0 amide bonds. The van der Waals surface area contributed by atoms with Crippen LogP contribution in [0, 0.1) is 31.8 Å². The summed E-state index contributed by atoms with van der Waals surface area (Å²) in [6.07, 6.45) is 0. The van der Waals surface area contributed by atoms with Crippen molar-refractivity contribution in [3.8, 4) is 6.07 Å². The summed E-state index contributed by atoms with van der Waals surface area (Å²) in [6, 6.07) is 3.53. The van der Waals surface area contributed by atoms with Crippen molar-refractivity contribution < 1.29 is 26.3 Å². The van der Waals surface area contributed by atoms with E-state index in [-0.39, 0.29) is 19.6 Å². The van der Waals surface area contributed by atoms with Crippen molar-refractivity contribution in [2.24, 2.45) is 0 Å². The molecule has 27 heavy (non-hydrogen) atoms. The zero-order valence-electron chi connectivity index (χ0n) is 13.6. The van der Waals surface area contributed by atoms with E-state index in [1.54, 1.807) is 6.07 Å². The molecule has 10 heteroatoms. The van der Waals surface area contributed by atoms with Gasteiger partial charge in [0.2, 0.25) is 5.00 Å². The third-order valence-electron chi connectivity index (χ3n) is 4.25. The minimum atomic E-state index is -5.65. The molecule has 2 nitrogen and oxygen atoms in total. The minimum absolute atomic E-state index is 0.0468. The van der Waals surface area contributed by atoms with Crippen LogP contribution in [0.25, 0.3) is 16.0 Å².